The van der Waals surface area contributed by atoms with Gasteiger partial charge in [0.1, 0.15) is 0 Å². The topological polar surface area (TPSA) is 35.6 Å². The average molecular weight is 439 g/mol. The van der Waals surface area contributed by atoms with Crippen LogP contribution in [-0.4, -0.2) is 30.6 Å². The van der Waals surface area contributed by atoms with Crippen LogP contribution in [0.15, 0.2) is 61.2 Å². The highest BCUT2D eigenvalue weighted by molar-refractivity contribution is 8.76. The van der Waals surface area contributed by atoms with Crippen LogP contribution in [0.2, 0.25) is 0 Å². The number of imidazole rings is 2. The maximum Gasteiger partial charge on any atom is 0.0961 e. The van der Waals surface area contributed by atoms with Crippen molar-refractivity contribution in [3.8, 4) is 0 Å². The van der Waals surface area contributed by atoms with Crippen molar-refractivity contribution in [3.05, 3.63) is 61.2 Å². The molecule has 2 unspecified atom stereocenters. The zero-order chi connectivity index (χ0) is 20.8. The van der Waals surface area contributed by atoms with E-state index in [2.05, 4.69) is 81.5 Å². The molecule has 0 saturated carbocycles. The fourth-order valence-electron chi connectivity index (χ4n) is 4.06. The van der Waals surface area contributed by atoms with Gasteiger partial charge >= 0.3 is 0 Å². The van der Waals surface area contributed by atoms with Gasteiger partial charge < -0.3 is 9.13 Å². The highest BCUT2D eigenvalue weighted by Crippen LogP contribution is 2.34. The molecule has 0 spiro atoms. The predicted octanol–water partition coefficient (Wildman–Crippen LogP) is 7.15. The fraction of sp³-hybridized carbons (Fsp3) is 0.417. The molecule has 0 amide bonds. The van der Waals surface area contributed by atoms with E-state index in [1.165, 1.54) is 36.7 Å². The largest absolute Gasteiger partial charge is 0.327 e. The molecule has 2 aromatic heterocycles. The SMILES string of the molecule is CCCC(CSSCC(CCC)n1cnc2ccccc21)n1cnc2ccccc21. The summed E-state index contributed by atoms with van der Waals surface area (Å²) in [6.07, 6.45) is 8.77. The summed E-state index contributed by atoms with van der Waals surface area (Å²) in [6, 6.07) is 17.9. The number of aromatic nitrogens is 4. The van der Waals surface area contributed by atoms with Crippen LogP contribution in [0.4, 0.5) is 0 Å². The Morgan fingerprint density at radius 3 is 1.57 bits per heavy atom. The van der Waals surface area contributed by atoms with Crippen LogP contribution in [-0.2, 0) is 0 Å². The predicted molar refractivity (Wildman–Crippen MR) is 132 cm³/mol. The Labute approximate surface area is 186 Å². The lowest BCUT2D eigenvalue weighted by atomic mass is 10.2. The molecule has 2 aromatic carbocycles. The van der Waals surface area contributed by atoms with Crippen molar-refractivity contribution in [1.29, 1.82) is 0 Å². The Kier molecular flexibility index (Phi) is 7.39. The molecule has 2 heterocycles. The third-order valence-corrected chi connectivity index (χ3v) is 8.12. The van der Waals surface area contributed by atoms with E-state index in [9.17, 15) is 0 Å². The normalized spacial score (nSPS) is 13.8. The van der Waals surface area contributed by atoms with E-state index in [1.54, 1.807) is 0 Å². The Balaban J connectivity index is 1.40. The molecule has 158 valence electrons. The Bertz CT molecular complexity index is 985. The molecular weight excluding hydrogens is 408 g/mol. The molecule has 30 heavy (non-hydrogen) atoms. The van der Waals surface area contributed by atoms with Gasteiger partial charge in [-0.2, -0.15) is 0 Å². The molecule has 0 aliphatic heterocycles. The minimum atomic E-state index is 0.485. The van der Waals surface area contributed by atoms with Crippen LogP contribution in [0.1, 0.15) is 51.6 Å². The number of benzene rings is 2. The highest BCUT2D eigenvalue weighted by atomic mass is 33.1. The monoisotopic (exact) mass is 438 g/mol. The lowest BCUT2D eigenvalue weighted by molar-refractivity contribution is 0.519. The summed E-state index contributed by atoms with van der Waals surface area (Å²) in [5, 5.41) is 0. The second-order valence-corrected chi connectivity index (χ2v) is 10.3. The molecule has 2 atom stereocenters. The maximum atomic E-state index is 4.60. The van der Waals surface area contributed by atoms with Gasteiger partial charge in [0, 0.05) is 23.6 Å². The number of hydrogen-bond acceptors (Lipinski definition) is 4. The van der Waals surface area contributed by atoms with E-state index in [0.717, 1.165) is 22.5 Å². The van der Waals surface area contributed by atoms with E-state index >= 15 is 0 Å². The highest BCUT2D eigenvalue weighted by Gasteiger charge is 2.16. The van der Waals surface area contributed by atoms with Gasteiger partial charge in [-0.05, 0) is 37.1 Å². The number of nitrogens with zero attached hydrogens (tertiary/aromatic N) is 4. The lowest BCUT2D eigenvalue weighted by Gasteiger charge is -2.21. The first-order valence-electron chi connectivity index (χ1n) is 10.9. The first-order chi connectivity index (χ1) is 14.8. The second kappa shape index (κ2) is 10.4. The first-order valence-corrected chi connectivity index (χ1v) is 13.4. The summed E-state index contributed by atoms with van der Waals surface area (Å²) in [4.78, 5) is 9.20. The van der Waals surface area contributed by atoms with Crippen molar-refractivity contribution in [3.63, 3.8) is 0 Å². The molecule has 0 N–H and O–H groups in total. The summed E-state index contributed by atoms with van der Waals surface area (Å²) in [5.41, 5.74) is 4.67. The van der Waals surface area contributed by atoms with Crippen LogP contribution in [0.25, 0.3) is 22.1 Å². The minimum absolute atomic E-state index is 0.485. The zero-order valence-electron chi connectivity index (χ0n) is 17.8. The van der Waals surface area contributed by atoms with Crippen molar-refractivity contribution < 1.29 is 0 Å². The van der Waals surface area contributed by atoms with Crippen molar-refractivity contribution >= 4 is 43.7 Å². The van der Waals surface area contributed by atoms with Crippen LogP contribution in [0, 0.1) is 0 Å². The smallest absolute Gasteiger partial charge is 0.0961 e. The van der Waals surface area contributed by atoms with Crippen molar-refractivity contribution in [2.45, 2.75) is 51.6 Å². The molecule has 4 rings (SSSR count). The van der Waals surface area contributed by atoms with Gasteiger partial charge in [-0.3, -0.25) is 0 Å². The van der Waals surface area contributed by atoms with E-state index in [4.69, 9.17) is 0 Å². The lowest BCUT2D eigenvalue weighted by Crippen LogP contribution is -2.12. The minimum Gasteiger partial charge on any atom is -0.327 e. The molecule has 0 radical (unpaired) electrons. The van der Waals surface area contributed by atoms with Gasteiger partial charge in [0.05, 0.1) is 34.7 Å². The fourth-order valence-corrected chi connectivity index (χ4v) is 6.74. The number of hydrogen-bond donors (Lipinski definition) is 0. The van der Waals surface area contributed by atoms with E-state index in [1.807, 2.05) is 34.2 Å². The summed E-state index contributed by atoms with van der Waals surface area (Å²) in [7, 11) is 4.00. The molecule has 0 saturated heterocycles. The standard InChI is InChI=1S/C24H30N4S2/c1-3-9-19(27-17-25-21-11-5-7-13-23(21)27)15-29-30-16-20(10-4-2)28-18-26-22-12-6-8-14-24(22)28/h5-8,11-14,17-20H,3-4,9-10,15-16H2,1-2H3. The quantitative estimate of drug-likeness (QED) is 0.184. The molecule has 6 heteroatoms. The maximum absolute atomic E-state index is 4.60. The van der Waals surface area contributed by atoms with Crippen molar-refractivity contribution in [1.82, 2.24) is 19.1 Å². The van der Waals surface area contributed by atoms with E-state index < -0.39 is 0 Å². The zero-order valence-corrected chi connectivity index (χ0v) is 19.4. The Morgan fingerprint density at radius 2 is 1.13 bits per heavy atom. The van der Waals surface area contributed by atoms with Crippen LogP contribution in [0.3, 0.4) is 0 Å². The summed E-state index contributed by atoms with van der Waals surface area (Å²) in [5.74, 6) is 2.20. The number of rotatable bonds is 11. The summed E-state index contributed by atoms with van der Waals surface area (Å²) in [6.45, 7) is 4.54. The molecular formula is C24H30N4S2. The second-order valence-electron chi connectivity index (χ2n) is 7.74. The van der Waals surface area contributed by atoms with Gasteiger partial charge in [0.2, 0.25) is 0 Å². The van der Waals surface area contributed by atoms with Gasteiger partial charge in [-0.15, -0.1) is 0 Å². The van der Waals surface area contributed by atoms with Crippen LogP contribution < -0.4 is 0 Å². The third-order valence-electron chi connectivity index (χ3n) is 5.60. The van der Waals surface area contributed by atoms with Crippen LogP contribution >= 0.6 is 21.6 Å². The van der Waals surface area contributed by atoms with Gasteiger partial charge in [-0.25, -0.2) is 9.97 Å². The van der Waals surface area contributed by atoms with Crippen LogP contribution in [0.5, 0.6) is 0 Å². The Hall–Kier alpha value is -1.92. The molecule has 4 aromatic rings. The molecule has 0 aliphatic carbocycles. The van der Waals surface area contributed by atoms with Gasteiger partial charge in [0.25, 0.3) is 0 Å². The first kappa shape index (κ1) is 21.3. The van der Waals surface area contributed by atoms with Crippen molar-refractivity contribution in [2.24, 2.45) is 0 Å². The van der Waals surface area contributed by atoms with Gasteiger partial charge in [0.15, 0.2) is 0 Å². The number of para-hydroxylation sites is 4. The van der Waals surface area contributed by atoms with E-state index in [-0.39, 0.29) is 0 Å². The van der Waals surface area contributed by atoms with Crippen molar-refractivity contribution in [2.75, 3.05) is 11.5 Å². The van der Waals surface area contributed by atoms with E-state index in [0.29, 0.717) is 12.1 Å². The number of fused-ring (bicyclic) bond motifs is 2. The molecule has 0 fully saturated rings. The molecule has 4 nitrogen and oxygen atoms in total. The Morgan fingerprint density at radius 1 is 0.700 bits per heavy atom. The molecule has 0 aliphatic rings. The summed E-state index contributed by atoms with van der Waals surface area (Å²) < 4.78 is 4.75. The third kappa shape index (κ3) is 4.70. The molecule has 0 bridgehead atoms. The van der Waals surface area contributed by atoms with Gasteiger partial charge in [-0.1, -0.05) is 72.5 Å². The average Bonchev–Trinajstić information content (AvgIpc) is 3.39. The summed E-state index contributed by atoms with van der Waals surface area (Å²) >= 11 is 0.